The third-order valence-corrected chi connectivity index (χ3v) is 4.22. The van der Waals surface area contributed by atoms with E-state index in [0.717, 1.165) is 37.5 Å². The molecule has 0 aliphatic carbocycles. The number of carbonyl (C=O) groups is 1. The normalized spacial score (nSPS) is 20.0. The summed E-state index contributed by atoms with van der Waals surface area (Å²) in [7, 11) is 0. The van der Waals surface area contributed by atoms with Crippen molar-refractivity contribution in [2.75, 3.05) is 18.8 Å². The Morgan fingerprint density at radius 2 is 2.10 bits per heavy atom. The van der Waals surface area contributed by atoms with Crippen molar-refractivity contribution in [3.05, 3.63) is 23.4 Å². The Balaban J connectivity index is 2.09. The van der Waals surface area contributed by atoms with Crippen LogP contribution >= 0.6 is 0 Å². The highest BCUT2D eigenvalue weighted by Gasteiger charge is 2.23. The molecule has 1 aromatic heterocycles. The fourth-order valence-corrected chi connectivity index (χ4v) is 2.99. The van der Waals surface area contributed by atoms with Crippen molar-refractivity contribution in [1.82, 2.24) is 9.88 Å². The van der Waals surface area contributed by atoms with Gasteiger partial charge in [-0.05, 0) is 50.2 Å². The summed E-state index contributed by atoms with van der Waals surface area (Å²) >= 11 is 0. The Bertz CT molecular complexity index is 464. The van der Waals surface area contributed by atoms with Crippen molar-refractivity contribution in [3.8, 4) is 0 Å². The number of nitrogens with zero attached hydrogens (tertiary/aromatic N) is 2. The van der Waals surface area contributed by atoms with Gasteiger partial charge in [0.2, 0.25) is 0 Å². The van der Waals surface area contributed by atoms with Crippen molar-refractivity contribution in [2.45, 2.75) is 40.0 Å². The van der Waals surface area contributed by atoms with Crippen LogP contribution in [-0.4, -0.2) is 28.9 Å². The predicted molar refractivity (Wildman–Crippen MR) is 81.5 cm³/mol. The highest BCUT2D eigenvalue weighted by Crippen LogP contribution is 2.25. The van der Waals surface area contributed by atoms with Crippen molar-refractivity contribution in [3.63, 3.8) is 0 Å². The number of nitrogen functional groups attached to an aromatic ring is 1. The summed E-state index contributed by atoms with van der Waals surface area (Å²) in [5, 5.41) is 0. The predicted octanol–water partition coefficient (Wildman–Crippen LogP) is 2.87. The molecular formula is C16H25N3O. The lowest BCUT2D eigenvalue weighted by atomic mass is 9.89. The van der Waals surface area contributed by atoms with Crippen molar-refractivity contribution in [2.24, 2.45) is 11.8 Å². The quantitative estimate of drug-likeness (QED) is 0.903. The number of aromatic nitrogens is 1. The van der Waals surface area contributed by atoms with E-state index in [1.807, 2.05) is 17.9 Å². The van der Waals surface area contributed by atoms with Crippen LogP contribution in [0.1, 0.15) is 49.2 Å². The summed E-state index contributed by atoms with van der Waals surface area (Å²) in [6, 6.07) is 3.50. The average Bonchev–Trinajstić information content (AvgIpc) is 2.62. The highest BCUT2D eigenvalue weighted by atomic mass is 16.2. The minimum atomic E-state index is 0.0895. The Labute approximate surface area is 121 Å². The van der Waals surface area contributed by atoms with Gasteiger partial charge < -0.3 is 10.6 Å². The number of carbonyl (C=O) groups excluding carboxylic acids is 1. The average molecular weight is 275 g/mol. The molecule has 1 aliphatic heterocycles. The van der Waals surface area contributed by atoms with Gasteiger partial charge >= 0.3 is 0 Å². The van der Waals surface area contributed by atoms with Gasteiger partial charge in [-0.1, -0.05) is 13.8 Å². The highest BCUT2D eigenvalue weighted by molar-refractivity contribution is 5.95. The lowest BCUT2D eigenvalue weighted by Gasteiger charge is -2.22. The SMILES string of the molecule is Cc1cc(C(=O)N2CCCC(C(C)C)CC2)cc(N)n1. The van der Waals surface area contributed by atoms with E-state index in [-0.39, 0.29) is 5.91 Å². The minimum absolute atomic E-state index is 0.0895. The summed E-state index contributed by atoms with van der Waals surface area (Å²) in [5.41, 5.74) is 7.20. The Hall–Kier alpha value is -1.58. The van der Waals surface area contributed by atoms with Crippen LogP contribution in [-0.2, 0) is 0 Å². The zero-order valence-electron chi connectivity index (χ0n) is 12.7. The van der Waals surface area contributed by atoms with E-state index in [0.29, 0.717) is 17.3 Å². The van der Waals surface area contributed by atoms with Crippen LogP contribution < -0.4 is 5.73 Å². The van der Waals surface area contributed by atoms with Crippen LogP contribution in [0.2, 0.25) is 0 Å². The van der Waals surface area contributed by atoms with Crippen LogP contribution in [0.15, 0.2) is 12.1 Å². The molecule has 2 heterocycles. The van der Waals surface area contributed by atoms with Gasteiger partial charge in [-0.2, -0.15) is 0 Å². The van der Waals surface area contributed by atoms with Gasteiger partial charge in [0.15, 0.2) is 0 Å². The number of hydrogen-bond donors (Lipinski definition) is 1. The number of nitrogens with two attached hydrogens (primary N) is 1. The number of aryl methyl sites for hydroxylation is 1. The zero-order valence-corrected chi connectivity index (χ0v) is 12.7. The first kappa shape index (κ1) is 14.8. The van der Waals surface area contributed by atoms with Gasteiger partial charge in [0.1, 0.15) is 5.82 Å². The first-order chi connectivity index (χ1) is 9.47. The Morgan fingerprint density at radius 3 is 2.75 bits per heavy atom. The summed E-state index contributed by atoms with van der Waals surface area (Å²) < 4.78 is 0. The molecule has 1 saturated heterocycles. The number of anilines is 1. The lowest BCUT2D eigenvalue weighted by molar-refractivity contribution is 0.0758. The van der Waals surface area contributed by atoms with Gasteiger partial charge in [-0.3, -0.25) is 4.79 Å². The van der Waals surface area contributed by atoms with Gasteiger partial charge in [0.25, 0.3) is 5.91 Å². The maximum atomic E-state index is 12.6. The maximum absolute atomic E-state index is 12.6. The van der Waals surface area contributed by atoms with Gasteiger partial charge in [-0.15, -0.1) is 0 Å². The van der Waals surface area contributed by atoms with E-state index >= 15 is 0 Å². The van der Waals surface area contributed by atoms with E-state index in [9.17, 15) is 4.79 Å². The van der Waals surface area contributed by atoms with Crippen LogP contribution in [0.5, 0.6) is 0 Å². The third-order valence-electron chi connectivity index (χ3n) is 4.22. The van der Waals surface area contributed by atoms with Crippen molar-refractivity contribution in [1.29, 1.82) is 0 Å². The second-order valence-electron chi connectivity index (χ2n) is 6.15. The fourth-order valence-electron chi connectivity index (χ4n) is 2.99. The van der Waals surface area contributed by atoms with Crippen LogP contribution in [0.25, 0.3) is 0 Å². The molecule has 20 heavy (non-hydrogen) atoms. The molecule has 0 bridgehead atoms. The summed E-state index contributed by atoms with van der Waals surface area (Å²) in [6.45, 7) is 8.11. The molecule has 1 atom stereocenters. The monoisotopic (exact) mass is 275 g/mol. The number of hydrogen-bond acceptors (Lipinski definition) is 3. The number of amides is 1. The molecule has 0 aromatic carbocycles. The van der Waals surface area contributed by atoms with Crippen LogP contribution in [0.3, 0.4) is 0 Å². The molecule has 1 fully saturated rings. The summed E-state index contributed by atoms with van der Waals surface area (Å²) in [6.07, 6.45) is 3.41. The standard InChI is InChI=1S/C16H25N3O/c1-11(2)13-5-4-7-19(8-6-13)16(20)14-9-12(3)18-15(17)10-14/h9-11,13H,4-8H2,1-3H3,(H2,17,18). The minimum Gasteiger partial charge on any atom is -0.384 e. The number of likely N-dealkylation sites (tertiary alicyclic amines) is 1. The van der Waals surface area contributed by atoms with Gasteiger partial charge in [0.05, 0.1) is 0 Å². The fraction of sp³-hybridized carbons (Fsp3) is 0.625. The first-order valence-electron chi connectivity index (χ1n) is 7.51. The third kappa shape index (κ3) is 3.50. The van der Waals surface area contributed by atoms with E-state index in [4.69, 9.17) is 5.73 Å². The molecule has 2 N–H and O–H groups in total. The van der Waals surface area contributed by atoms with Crippen molar-refractivity contribution >= 4 is 11.7 Å². The molecule has 0 saturated carbocycles. The lowest BCUT2D eigenvalue weighted by Crippen LogP contribution is -2.32. The number of pyridine rings is 1. The van der Waals surface area contributed by atoms with Crippen LogP contribution in [0, 0.1) is 18.8 Å². The summed E-state index contributed by atoms with van der Waals surface area (Å²) in [4.78, 5) is 18.7. The Morgan fingerprint density at radius 1 is 1.35 bits per heavy atom. The second kappa shape index (κ2) is 6.25. The summed E-state index contributed by atoms with van der Waals surface area (Å²) in [5.74, 6) is 1.94. The van der Waals surface area contributed by atoms with Crippen LogP contribution in [0.4, 0.5) is 5.82 Å². The van der Waals surface area contributed by atoms with Gasteiger partial charge in [0, 0.05) is 24.3 Å². The molecule has 4 nitrogen and oxygen atoms in total. The molecule has 110 valence electrons. The second-order valence-corrected chi connectivity index (χ2v) is 6.15. The maximum Gasteiger partial charge on any atom is 0.254 e. The van der Waals surface area contributed by atoms with Gasteiger partial charge in [-0.25, -0.2) is 4.98 Å². The zero-order chi connectivity index (χ0) is 14.7. The molecule has 2 rings (SSSR count). The van der Waals surface area contributed by atoms with E-state index in [2.05, 4.69) is 18.8 Å². The molecule has 0 spiro atoms. The molecule has 1 unspecified atom stereocenters. The molecule has 4 heteroatoms. The topological polar surface area (TPSA) is 59.2 Å². The molecule has 1 aliphatic rings. The van der Waals surface area contributed by atoms with E-state index < -0.39 is 0 Å². The smallest absolute Gasteiger partial charge is 0.254 e. The largest absolute Gasteiger partial charge is 0.384 e. The van der Waals surface area contributed by atoms with E-state index in [1.165, 1.54) is 6.42 Å². The molecular weight excluding hydrogens is 250 g/mol. The number of rotatable bonds is 2. The first-order valence-corrected chi connectivity index (χ1v) is 7.51. The molecule has 0 radical (unpaired) electrons. The van der Waals surface area contributed by atoms with Crippen molar-refractivity contribution < 1.29 is 4.79 Å². The molecule has 1 amide bonds. The van der Waals surface area contributed by atoms with E-state index in [1.54, 1.807) is 6.07 Å². The Kier molecular flexibility index (Phi) is 4.63. The molecule has 1 aromatic rings.